The minimum atomic E-state index is -3.32. The van der Waals surface area contributed by atoms with Crippen molar-refractivity contribution in [2.75, 3.05) is 39.3 Å². The van der Waals surface area contributed by atoms with Gasteiger partial charge in [0.15, 0.2) is 0 Å². The predicted octanol–water partition coefficient (Wildman–Crippen LogP) is -1.26. The van der Waals surface area contributed by atoms with Crippen molar-refractivity contribution < 1.29 is 13.2 Å². The third-order valence-corrected chi connectivity index (χ3v) is 5.63. The van der Waals surface area contributed by atoms with Crippen LogP contribution in [0.1, 0.15) is 19.8 Å². The zero-order valence-electron chi connectivity index (χ0n) is 11.3. The van der Waals surface area contributed by atoms with E-state index >= 15 is 0 Å². The zero-order valence-corrected chi connectivity index (χ0v) is 12.1. The van der Waals surface area contributed by atoms with E-state index in [9.17, 15) is 13.2 Å². The fraction of sp³-hybridized carbons (Fsp3) is 0.909. The summed E-state index contributed by atoms with van der Waals surface area (Å²) < 4.78 is 27.9. The van der Waals surface area contributed by atoms with Crippen molar-refractivity contribution in [3.05, 3.63) is 0 Å². The maximum absolute atomic E-state index is 12.4. The molecule has 2 fully saturated rings. The summed E-state index contributed by atoms with van der Waals surface area (Å²) in [6.07, 6.45) is 1.37. The monoisotopic (exact) mass is 290 g/mol. The molecule has 0 atom stereocenters. The minimum absolute atomic E-state index is 0.0524. The number of amides is 1. The van der Waals surface area contributed by atoms with Crippen LogP contribution in [0.4, 0.5) is 0 Å². The number of piperazine rings is 1. The molecule has 2 rings (SSSR count). The van der Waals surface area contributed by atoms with E-state index < -0.39 is 10.2 Å². The fourth-order valence-electron chi connectivity index (χ4n) is 2.56. The Morgan fingerprint density at radius 2 is 1.63 bits per heavy atom. The standard InChI is InChI=1S/C11H22N4O3S/c1-10(16)13-11-2-6-14(7-3-11)19(17,18)15-8-4-12-5-9-15/h11-12H,2-9H2,1H3,(H,13,16). The molecular weight excluding hydrogens is 268 g/mol. The number of hydrogen-bond acceptors (Lipinski definition) is 4. The second-order valence-electron chi connectivity index (χ2n) is 5.03. The quantitative estimate of drug-likeness (QED) is 0.679. The van der Waals surface area contributed by atoms with Crippen LogP contribution < -0.4 is 10.6 Å². The summed E-state index contributed by atoms with van der Waals surface area (Å²) >= 11 is 0. The fourth-order valence-corrected chi connectivity index (χ4v) is 4.20. The third-order valence-electron chi connectivity index (χ3n) is 3.59. The smallest absolute Gasteiger partial charge is 0.282 e. The van der Waals surface area contributed by atoms with Gasteiger partial charge in [0.1, 0.15) is 0 Å². The van der Waals surface area contributed by atoms with E-state index in [2.05, 4.69) is 10.6 Å². The van der Waals surface area contributed by atoms with Crippen LogP contribution in [0.25, 0.3) is 0 Å². The lowest BCUT2D eigenvalue weighted by molar-refractivity contribution is -0.119. The van der Waals surface area contributed by atoms with E-state index in [-0.39, 0.29) is 11.9 Å². The van der Waals surface area contributed by atoms with Crippen LogP contribution in [0.5, 0.6) is 0 Å². The van der Waals surface area contributed by atoms with Crippen LogP contribution in [-0.2, 0) is 15.0 Å². The number of rotatable bonds is 3. The largest absolute Gasteiger partial charge is 0.354 e. The second kappa shape index (κ2) is 6.17. The Balaban J connectivity index is 1.90. The highest BCUT2D eigenvalue weighted by Gasteiger charge is 2.33. The summed E-state index contributed by atoms with van der Waals surface area (Å²) in [6.45, 7) is 4.95. The average Bonchev–Trinajstić information content (AvgIpc) is 2.40. The van der Waals surface area contributed by atoms with Gasteiger partial charge in [-0.3, -0.25) is 4.79 Å². The maximum Gasteiger partial charge on any atom is 0.282 e. The summed E-state index contributed by atoms with van der Waals surface area (Å²) in [5.74, 6) is -0.0524. The van der Waals surface area contributed by atoms with Gasteiger partial charge in [0.2, 0.25) is 5.91 Å². The van der Waals surface area contributed by atoms with Gasteiger partial charge in [-0.15, -0.1) is 0 Å². The normalized spacial score (nSPS) is 24.3. The average molecular weight is 290 g/mol. The Morgan fingerprint density at radius 1 is 1.11 bits per heavy atom. The first kappa shape index (κ1) is 14.7. The molecule has 0 aromatic carbocycles. The van der Waals surface area contributed by atoms with Gasteiger partial charge < -0.3 is 10.6 Å². The lowest BCUT2D eigenvalue weighted by atomic mass is 10.1. The van der Waals surface area contributed by atoms with Crippen molar-refractivity contribution >= 4 is 16.1 Å². The molecule has 0 unspecified atom stereocenters. The first-order valence-electron chi connectivity index (χ1n) is 6.73. The van der Waals surface area contributed by atoms with E-state index in [0.29, 0.717) is 52.1 Å². The van der Waals surface area contributed by atoms with Gasteiger partial charge in [-0.05, 0) is 12.8 Å². The molecule has 1 amide bonds. The highest BCUT2D eigenvalue weighted by molar-refractivity contribution is 7.86. The molecule has 0 aromatic heterocycles. The number of nitrogens with zero attached hydrogens (tertiary/aromatic N) is 2. The van der Waals surface area contributed by atoms with Crippen LogP contribution in [-0.4, -0.2) is 68.2 Å². The van der Waals surface area contributed by atoms with Gasteiger partial charge in [0.25, 0.3) is 10.2 Å². The summed E-state index contributed by atoms with van der Waals surface area (Å²) in [4.78, 5) is 11.0. The topological polar surface area (TPSA) is 81.8 Å². The van der Waals surface area contributed by atoms with Crippen LogP contribution in [0.2, 0.25) is 0 Å². The van der Waals surface area contributed by atoms with Crippen molar-refractivity contribution in [1.29, 1.82) is 0 Å². The molecule has 2 saturated heterocycles. The SMILES string of the molecule is CC(=O)NC1CCN(S(=O)(=O)N2CCNCC2)CC1. The lowest BCUT2D eigenvalue weighted by Gasteiger charge is -2.36. The van der Waals surface area contributed by atoms with Crippen molar-refractivity contribution in [2.45, 2.75) is 25.8 Å². The molecule has 2 N–H and O–H groups in total. The Hall–Kier alpha value is -0.700. The van der Waals surface area contributed by atoms with Crippen LogP contribution >= 0.6 is 0 Å². The van der Waals surface area contributed by atoms with Crippen molar-refractivity contribution in [3.8, 4) is 0 Å². The van der Waals surface area contributed by atoms with E-state index in [4.69, 9.17) is 0 Å². The predicted molar refractivity (Wildman–Crippen MR) is 71.8 cm³/mol. The summed E-state index contributed by atoms with van der Waals surface area (Å²) in [5, 5.41) is 6.00. The molecule has 2 aliphatic rings. The van der Waals surface area contributed by atoms with Crippen LogP contribution in [0.15, 0.2) is 0 Å². The molecule has 2 aliphatic heterocycles. The third kappa shape index (κ3) is 3.65. The van der Waals surface area contributed by atoms with Gasteiger partial charge >= 0.3 is 0 Å². The second-order valence-corrected chi connectivity index (χ2v) is 6.96. The molecule has 8 heteroatoms. The van der Waals surface area contributed by atoms with Crippen molar-refractivity contribution in [3.63, 3.8) is 0 Å². The van der Waals surface area contributed by atoms with Gasteiger partial charge in [0, 0.05) is 52.2 Å². The molecule has 0 aliphatic carbocycles. The first-order chi connectivity index (χ1) is 9.00. The Kier molecular flexibility index (Phi) is 4.77. The lowest BCUT2D eigenvalue weighted by Crippen LogP contribution is -2.54. The van der Waals surface area contributed by atoms with E-state index in [0.717, 1.165) is 0 Å². The molecule has 0 saturated carbocycles. The number of piperidine rings is 1. The highest BCUT2D eigenvalue weighted by Crippen LogP contribution is 2.17. The number of hydrogen-bond donors (Lipinski definition) is 2. The van der Waals surface area contributed by atoms with E-state index in [1.807, 2.05) is 0 Å². The molecular formula is C11H22N4O3S. The van der Waals surface area contributed by atoms with Gasteiger partial charge in [-0.2, -0.15) is 17.0 Å². The molecule has 0 radical (unpaired) electrons. The van der Waals surface area contributed by atoms with Crippen molar-refractivity contribution in [1.82, 2.24) is 19.2 Å². The van der Waals surface area contributed by atoms with E-state index in [1.165, 1.54) is 11.2 Å². The van der Waals surface area contributed by atoms with E-state index in [1.54, 1.807) is 4.31 Å². The number of carbonyl (C=O) groups excluding carboxylic acids is 1. The molecule has 7 nitrogen and oxygen atoms in total. The van der Waals surface area contributed by atoms with Gasteiger partial charge in [-0.25, -0.2) is 0 Å². The number of carbonyl (C=O) groups is 1. The zero-order chi connectivity index (χ0) is 13.9. The minimum Gasteiger partial charge on any atom is -0.354 e. The summed E-state index contributed by atoms with van der Waals surface area (Å²) in [7, 11) is -3.32. The molecule has 2 heterocycles. The van der Waals surface area contributed by atoms with Gasteiger partial charge in [0.05, 0.1) is 0 Å². The Bertz CT molecular complexity index is 412. The summed E-state index contributed by atoms with van der Waals surface area (Å²) in [5.41, 5.74) is 0. The van der Waals surface area contributed by atoms with Crippen molar-refractivity contribution in [2.24, 2.45) is 0 Å². The molecule has 0 bridgehead atoms. The Labute approximate surface area is 114 Å². The van der Waals surface area contributed by atoms with Crippen LogP contribution in [0, 0.1) is 0 Å². The number of nitrogens with one attached hydrogen (secondary N) is 2. The first-order valence-corrected chi connectivity index (χ1v) is 8.13. The van der Waals surface area contributed by atoms with Gasteiger partial charge in [-0.1, -0.05) is 0 Å². The molecule has 19 heavy (non-hydrogen) atoms. The Morgan fingerprint density at radius 3 is 2.16 bits per heavy atom. The molecule has 0 aromatic rings. The van der Waals surface area contributed by atoms with Crippen LogP contribution in [0.3, 0.4) is 0 Å². The summed E-state index contributed by atoms with van der Waals surface area (Å²) in [6, 6.07) is 0.104. The molecule has 0 spiro atoms. The highest BCUT2D eigenvalue weighted by atomic mass is 32.2. The molecule has 110 valence electrons. The maximum atomic E-state index is 12.4.